The third-order valence-corrected chi connectivity index (χ3v) is 3.99. The van der Waals surface area contributed by atoms with Crippen LogP contribution in [0.3, 0.4) is 0 Å². The zero-order valence-corrected chi connectivity index (χ0v) is 11.1. The Bertz CT molecular complexity index is 517. The average Bonchev–Trinajstić information content (AvgIpc) is 2.37. The van der Waals surface area contributed by atoms with Gasteiger partial charge in [-0.15, -0.1) is 11.8 Å². The molecule has 1 unspecified atom stereocenters. The molecule has 0 radical (unpaired) electrons. The molecule has 0 amide bonds. The number of benzene rings is 2. The standard InChI is InChI=1S/C15H13F3S/c1-11-7-9-12(10-8-11)14(15(16,17)18)19-13-5-3-2-4-6-13/h2-10,14H,1H3. The Labute approximate surface area is 114 Å². The van der Waals surface area contributed by atoms with Gasteiger partial charge >= 0.3 is 6.18 Å². The molecule has 0 saturated heterocycles. The van der Waals surface area contributed by atoms with E-state index in [1.807, 2.05) is 6.92 Å². The lowest BCUT2D eigenvalue weighted by Crippen LogP contribution is -2.17. The highest BCUT2D eigenvalue weighted by Crippen LogP contribution is 2.46. The van der Waals surface area contributed by atoms with E-state index < -0.39 is 11.4 Å². The first-order valence-corrected chi connectivity index (χ1v) is 6.70. The third kappa shape index (κ3) is 3.77. The zero-order valence-electron chi connectivity index (χ0n) is 10.3. The molecule has 0 bridgehead atoms. The van der Waals surface area contributed by atoms with Crippen molar-refractivity contribution in [2.75, 3.05) is 0 Å². The molecule has 0 fully saturated rings. The van der Waals surface area contributed by atoms with Crippen LogP contribution in [0.1, 0.15) is 16.4 Å². The van der Waals surface area contributed by atoms with Crippen molar-refractivity contribution in [2.45, 2.75) is 23.2 Å². The summed E-state index contributed by atoms with van der Waals surface area (Å²) in [6.07, 6.45) is -4.27. The molecule has 19 heavy (non-hydrogen) atoms. The minimum absolute atomic E-state index is 0.284. The van der Waals surface area contributed by atoms with Gasteiger partial charge < -0.3 is 0 Å². The molecule has 1 atom stereocenters. The molecule has 4 heteroatoms. The van der Waals surface area contributed by atoms with Crippen molar-refractivity contribution in [3.63, 3.8) is 0 Å². The van der Waals surface area contributed by atoms with E-state index in [0.717, 1.165) is 17.3 Å². The van der Waals surface area contributed by atoms with Crippen molar-refractivity contribution in [1.82, 2.24) is 0 Å². The second kappa shape index (κ2) is 5.70. The molecule has 0 nitrogen and oxygen atoms in total. The van der Waals surface area contributed by atoms with Gasteiger partial charge in [0.15, 0.2) is 0 Å². The van der Waals surface area contributed by atoms with Gasteiger partial charge in [0.2, 0.25) is 0 Å². The highest BCUT2D eigenvalue weighted by Gasteiger charge is 2.41. The monoisotopic (exact) mass is 282 g/mol. The summed E-state index contributed by atoms with van der Waals surface area (Å²) in [6, 6.07) is 15.2. The zero-order chi connectivity index (χ0) is 13.9. The normalized spacial score (nSPS) is 13.3. The number of thioether (sulfide) groups is 1. The number of aryl methyl sites for hydroxylation is 1. The van der Waals surface area contributed by atoms with Gasteiger partial charge in [-0.2, -0.15) is 13.2 Å². The highest BCUT2D eigenvalue weighted by molar-refractivity contribution is 7.99. The summed E-state index contributed by atoms with van der Waals surface area (Å²) < 4.78 is 39.5. The van der Waals surface area contributed by atoms with Crippen LogP contribution in [0.2, 0.25) is 0 Å². The molecule has 2 rings (SSSR count). The van der Waals surface area contributed by atoms with Gasteiger partial charge in [0.05, 0.1) is 0 Å². The predicted molar refractivity (Wildman–Crippen MR) is 72.3 cm³/mol. The van der Waals surface area contributed by atoms with Crippen LogP contribution >= 0.6 is 11.8 Å². The molecule has 0 aliphatic rings. The van der Waals surface area contributed by atoms with Gasteiger partial charge in [0.1, 0.15) is 5.25 Å². The molecule has 2 aromatic rings. The van der Waals surface area contributed by atoms with Crippen molar-refractivity contribution in [3.05, 3.63) is 65.7 Å². The number of rotatable bonds is 3. The molecule has 0 aromatic heterocycles. The second-order valence-electron chi connectivity index (χ2n) is 4.26. The summed E-state index contributed by atoms with van der Waals surface area (Å²) in [5.74, 6) is 0. The summed E-state index contributed by atoms with van der Waals surface area (Å²) in [4.78, 5) is 0.616. The fourth-order valence-electron chi connectivity index (χ4n) is 1.70. The Morgan fingerprint density at radius 2 is 1.47 bits per heavy atom. The third-order valence-electron chi connectivity index (χ3n) is 2.67. The van der Waals surface area contributed by atoms with E-state index in [0.29, 0.717) is 4.90 Å². The summed E-state index contributed by atoms with van der Waals surface area (Å²) in [5.41, 5.74) is 1.24. The SMILES string of the molecule is Cc1ccc(C(Sc2ccccc2)C(F)(F)F)cc1. The van der Waals surface area contributed by atoms with E-state index in [9.17, 15) is 13.2 Å². The van der Waals surface area contributed by atoms with Crippen LogP contribution in [-0.2, 0) is 0 Å². The molecule has 0 aliphatic heterocycles. The Morgan fingerprint density at radius 3 is 2.00 bits per heavy atom. The van der Waals surface area contributed by atoms with Crippen LogP contribution in [0.4, 0.5) is 13.2 Å². The van der Waals surface area contributed by atoms with Gasteiger partial charge in [-0.05, 0) is 24.6 Å². The van der Waals surface area contributed by atoms with Crippen LogP contribution in [0.5, 0.6) is 0 Å². The first-order valence-electron chi connectivity index (χ1n) is 5.82. The van der Waals surface area contributed by atoms with Crippen molar-refractivity contribution in [2.24, 2.45) is 0 Å². The summed E-state index contributed by atoms with van der Waals surface area (Å²) in [7, 11) is 0. The van der Waals surface area contributed by atoms with Gasteiger partial charge in [0, 0.05) is 4.90 Å². The molecule has 0 saturated carbocycles. The largest absolute Gasteiger partial charge is 0.404 e. The average molecular weight is 282 g/mol. The van der Waals surface area contributed by atoms with Crippen LogP contribution in [0.25, 0.3) is 0 Å². The van der Waals surface area contributed by atoms with Crippen molar-refractivity contribution in [1.29, 1.82) is 0 Å². The minimum Gasteiger partial charge on any atom is -0.169 e. The van der Waals surface area contributed by atoms with Gasteiger partial charge in [-0.25, -0.2) is 0 Å². The van der Waals surface area contributed by atoms with Crippen LogP contribution in [0.15, 0.2) is 59.5 Å². The van der Waals surface area contributed by atoms with Gasteiger partial charge in [-0.1, -0.05) is 48.0 Å². The first kappa shape index (κ1) is 14.0. The van der Waals surface area contributed by atoms with Gasteiger partial charge in [-0.3, -0.25) is 0 Å². The lowest BCUT2D eigenvalue weighted by atomic mass is 10.1. The molecule has 2 aromatic carbocycles. The Hall–Kier alpha value is -1.42. The van der Waals surface area contributed by atoms with Crippen molar-refractivity contribution < 1.29 is 13.2 Å². The number of hydrogen-bond donors (Lipinski definition) is 0. The first-order chi connectivity index (χ1) is 8.97. The molecular weight excluding hydrogens is 269 g/mol. The maximum atomic E-state index is 13.2. The maximum absolute atomic E-state index is 13.2. The van der Waals surface area contributed by atoms with E-state index in [4.69, 9.17) is 0 Å². The number of hydrogen-bond acceptors (Lipinski definition) is 1. The Morgan fingerprint density at radius 1 is 0.895 bits per heavy atom. The Kier molecular flexibility index (Phi) is 4.20. The fraction of sp³-hybridized carbons (Fsp3) is 0.200. The van der Waals surface area contributed by atoms with E-state index >= 15 is 0 Å². The van der Waals surface area contributed by atoms with Crippen LogP contribution in [0, 0.1) is 6.92 Å². The lowest BCUT2D eigenvalue weighted by Gasteiger charge is -2.20. The minimum atomic E-state index is -4.27. The molecule has 0 spiro atoms. The summed E-state index contributed by atoms with van der Waals surface area (Å²) >= 11 is 0.830. The predicted octanol–water partition coefficient (Wildman–Crippen LogP) is 5.39. The molecule has 0 heterocycles. The van der Waals surface area contributed by atoms with E-state index in [1.165, 1.54) is 0 Å². The molecule has 0 aliphatic carbocycles. The molecule has 0 N–H and O–H groups in total. The summed E-state index contributed by atoms with van der Waals surface area (Å²) in [6.45, 7) is 1.86. The van der Waals surface area contributed by atoms with Gasteiger partial charge in [0.25, 0.3) is 0 Å². The lowest BCUT2D eigenvalue weighted by molar-refractivity contribution is -0.129. The maximum Gasteiger partial charge on any atom is 0.404 e. The smallest absolute Gasteiger partial charge is 0.169 e. The van der Waals surface area contributed by atoms with Crippen LogP contribution in [-0.4, -0.2) is 6.18 Å². The quantitative estimate of drug-likeness (QED) is 0.680. The summed E-state index contributed by atoms with van der Waals surface area (Å²) in [5, 5.41) is -1.53. The van der Waals surface area contributed by atoms with Crippen molar-refractivity contribution >= 4 is 11.8 Å². The van der Waals surface area contributed by atoms with Crippen molar-refractivity contribution in [3.8, 4) is 0 Å². The second-order valence-corrected chi connectivity index (χ2v) is 5.44. The number of alkyl halides is 3. The Balaban J connectivity index is 2.29. The van der Waals surface area contributed by atoms with E-state index in [-0.39, 0.29) is 5.56 Å². The highest BCUT2D eigenvalue weighted by atomic mass is 32.2. The topological polar surface area (TPSA) is 0 Å². The molecular formula is C15H13F3S. The molecule has 100 valence electrons. The van der Waals surface area contributed by atoms with Crippen LogP contribution < -0.4 is 0 Å². The van der Waals surface area contributed by atoms with E-state index in [2.05, 4.69) is 0 Å². The van der Waals surface area contributed by atoms with E-state index in [1.54, 1.807) is 54.6 Å². The number of halogens is 3. The fourth-order valence-corrected chi connectivity index (χ4v) is 2.71.